The van der Waals surface area contributed by atoms with Gasteiger partial charge >= 0.3 is 5.16 Å². The number of H-pyrrole nitrogens is 1. The van der Waals surface area contributed by atoms with Gasteiger partial charge in [0.05, 0.1) is 14.1 Å². The van der Waals surface area contributed by atoms with Crippen molar-refractivity contribution in [3.8, 4) is 0 Å². The molecule has 0 spiro atoms. The van der Waals surface area contributed by atoms with Crippen LogP contribution >= 0.6 is 11.8 Å². The summed E-state index contributed by atoms with van der Waals surface area (Å²) in [6.07, 6.45) is 1.16. The van der Waals surface area contributed by atoms with Crippen LogP contribution < -0.4 is 9.58 Å². The summed E-state index contributed by atoms with van der Waals surface area (Å²) >= 11 is 1.75. The average Bonchev–Trinajstić information content (AvgIpc) is 2.58. The van der Waals surface area contributed by atoms with E-state index in [1.807, 2.05) is 4.68 Å². The van der Waals surface area contributed by atoms with Crippen molar-refractivity contribution in [2.45, 2.75) is 25.0 Å². The molecule has 0 saturated carbocycles. The zero-order valence-corrected chi connectivity index (χ0v) is 9.89. The summed E-state index contributed by atoms with van der Waals surface area (Å²) in [5.41, 5.74) is 0. The van der Waals surface area contributed by atoms with Crippen molar-refractivity contribution >= 4 is 11.8 Å². The number of hydrogen-bond acceptors (Lipinski definition) is 3. The number of aromatic amines is 1. The van der Waals surface area contributed by atoms with Gasteiger partial charge in [0.2, 0.25) is 0 Å². The van der Waals surface area contributed by atoms with Gasteiger partial charge in [0.25, 0.3) is 0 Å². The number of nitrogens with zero attached hydrogens (tertiary/aromatic N) is 3. The lowest BCUT2D eigenvalue weighted by Gasteiger charge is -2.04. The van der Waals surface area contributed by atoms with Crippen LogP contribution in [-0.2, 0) is 6.54 Å². The van der Waals surface area contributed by atoms with E-state index < -0.39 is 0 Å². The summed E-state index contributed by atoms with van der Waals surface area (Å²) in [5.74, 6) is 1.10. The summed E-state index contributed by atoms with van der Waals surface area (Å²) in [6.45, 7) is 4.19. The Bertz CT molecular complexity index is 260. The van der Waals surface area contributed by atoms with Gasteiger partial charge in [-0.1, -0.05) is 12.1 Å². The van der Waals surface area contributed by atoms with Crippen molar-refractivity contribution in [3.05, 3.63) is 0 Å². The molecule has 5 nitrogen and oxygen atoms in total. The standard InChI is InChI=1S/C8H17N5S/c1-4-7-14-8-9-10-11-13(8)6-5-12(2)3/h4-7H2,1-3H3/p+2. The monoisotopic (exact) mass is 217 g/mol. The minimum Gasteiger partial charge on any atom is -0.337 e. The van der Waals surface area contributed by atoms with Gasteiger partial charge < -0.3 is 4.90 Å². The van der Waals surface area contributed by atoms with E-state index >= 15 is 0 Å². The van der Waals surface area contributed by atoms with E-state index in [0.717, 1.165) is 30.4 Å². The van der Waals surface area contributed by atoms with E-state index in [9.17, 15) is 0 Å². The van der Waals surface area contributed by atoms with E-state index in [0.29, 0.717) is 0 Å². The maximum absolute atomic E-state index is 4.04. The highest BCUT2D eigenvalue weighted by molar-refractivity contribution is 7.99. The first kappa shape index (κ1) is 11.5. The van der Waals surface area contributed by atoms with E-state index in [2.05, 4.69) is 36.5 Å². The smallest absolute Gasteiger partial charge is 0.337 e. The third-order valence-corrected chi connectivity index (χ3v) is 2.98. The highest BCUT2D eigenvalue weighted by Crippen LogP contribution is 2.09. The maximum atomic E-state index is 4.04. The quantitative estimate of drug-likeness (QED) is 0.462. The van der Waals surface area contributed by atoms with Gasteiger partial charge in [0.1, 0.15) is 18.2 Å². The van der Waals surface area contributed by atoms with Crippen LogP contribution in [0.15, 0.2) is 5.16 Å². The molecule has 0 amide bonds. The molecule has 1 aromatic rings. The molecule has 14 heavy (non-hydrogen) atoms. The molecule has 0 radical (unpaired) electrons. The molecule has 0 aliphatic heterocycles. The van der Waals surface area contributed by atoms with Gasteiger partial charge in [0.15, 0.2) is 5.21 Å². The molecule has 80 valence electrons. The maximum Gasteiger partial charge on any atom is 0.360 e. The van der Waals surface area contributed by atoms with Gasteiger partial charge in [-0.05, 0) is 18.2 Å². The third kappa shape index (κ3) is 3.63. The first-order chi connectivity index (χ1) is 6.74. The van der Waals surface area contributed by atoms with E-state index in [4.69, 9.17) is 0 Å². The van der Waals surface area contributed by atoms with Gasteiger partial charge in [-0.3, -0.25) is 0 Å². The lowest BCUT2D eigenvalue weighted by Crippen LogP contribution is -3.06. The van der Waals surface area contributed by atoms with Gasteiger partial charge in [-0.15, -0.1) is 4.68 Å². The zero-order valence-electron chi connectivity index (χ0n) is 9.08. The van der Waals surface area contributed by atoms with Gasteiger partial charge in [-0.25, -0.2) is 0 Å². The highest BCUT2D eigenvalue weighted by Gasteiger charge is 2.14. The second-order valence-electron chi connectivity index (χ2n) is 3.54. The van der Waals surface area contributed by atoms with Crippen LogP contribution in [0, 0.1) is 0 Å². The number of aromatic nitrogens is 4. The summed E-state index contributed by atoms with van der Waals surface area (Å²) < 4.78 is 2.01. The van der Waals surface area contributed by atoms with Crippen molar-refractivity contribution < 1.29 is 9.58 Å². The topological polar surface area (TPSA) is 49.9 Å². The molecule has 0 saturated heterocycles. The number of likely N-dealkylation sites (N-methyl/N-ethyl adjacent to an activating group) is 1. The lowest BCUT2D eigenvalue weighted by molar-refractivity contribution is -0.898. The molecule has 1 heterocycles. The Hall–Kier alpha value is -0.620. The lowest BCUT2D eigenvalue weighted by atomic mass is 10.6. The molecule has 0 aliphatic carbocycles. The molecular weight excluding hydrogens is 198 g/mol. The second kappa shape index (κ2) is 5.98. The first-order valence-corrected chi connectivity index (χ1v) is 5.95. The van der Waals surface area contributed by atoms with Crippen molar-refractivity contribution in [3.63, 3.8) is 0 Å². The highest BCUT2D eigenvalue weighted by atomic mass is 32.2. The summed E-state index contributed by atoms with van der Waals surface area (Å²) in [7, 11) is 4.28. The predicted octanol–water partition coefficient (Wildman–Crippen LogP) is -1.26. The van der Waals surface area contributed by atoms with Crippen LogP contribution in [0.2, 0.25) is 0 Å². The number of thioether (sulfide) groups is 1. The largest absolute Gasteiger partial charge is 0.360 e. The molecule has 1 rings (SSSR count). The SMILES string of the molecule is CCCSc1nn[nH][n+]1CC[NH+](C)C. The van der Waals surface area contributed by atoms with Crippen molar-refractivity contribution in [2.75, 3.05) is 26.4 Å². The normalized spacial score (nSPS) is 11.1. The molecule has 0 aliphatic rings. The summed E-state index contributed by atoms with van der Waals surface area (Å²) in [5, 5.41) is 11.7. The van der Waals surface area contributed by atoms with Crippen molar-refractivity contribution in [1.82, 2.24) is 15.5 Å². The zero-order chi connectivity index (χ0) is 10.4. The fraction of sp³-hybridized carbons (Fsp3) is 0.875. The van der Waals surface area contributed by atoms with E-state index in [1.165, 1.54) is 4.90 Å². The Morgan fingerprint density at radius 2 is 2.29 bits per heavy atom. The van der Waals surface area contributed by atoms with E-state index in [-0.39, 0.29) is 0 Å². The molecular formula is C8H19N5S+2. The summed E-state index contributed by atoms with van der Waals surface area (Å²) in [4.78, 5) is 1.43. The molecule has 0 aromatic carbocycles. The Balaban J connectivity index is 2.45. The minimum absolute atomic E-state index is 0.946. The number of quaternary nitrogens is 1. The Labute approximate surface area is 88.9 Å². The molecule has 0 atom stereocenters. The number of rotatable bonds is 6. The van der Waals surface area contributed by atoms with Crippen LogP contribution in [0.4, 0.5) is 0 Å². The van der Waals surface area contributed by atoms with Gasteiger partial charge in [-0.2, -0.15) is 0 Å². The average molecular weight is 217 g/mol. The van der Waals surface area contributed by atoms with Crippen LogP contribution in [0.3, 0.4) is 0 Å². The minimum atomic E-state index is 0.946. The third-order valence-electron chi connectivity index (χ3n) is 1.80. The van der Waals surface area contributed by atoms with E-state index in [1.54, 1.807) is 11.8 Å². The molecule has 1 aromatic heterocycles. The second-order valence-corrected chi connectivity index (χ2v) is 4.60. The Kier molecular flexibility index (Phi) is 4.89. The first-order valence-electron chi connectivity index (χ1n) is 4.96. The Morgan fingerprint density at radius 3 is 2.93 bits per heavy atom. The molecule has 0 fully saturated rings. The van der Waals surface area contributed by atoms with Crippen molar-refractivity contribution in [1.29, 1.82) is 0 Å². The molecule has 2 N–H and O–H groups in total. The van der Waals surface area contributed by atoms with Crippen molar-refractivity contribution in [2.24, 2.45) is 0 Å². The Morgan fingerprint density at radius 1 is 1.50 bits per heavy atom. The number of hydrogen-bond donors (Lipinski definition) is 2. The number of tetrazole rings is 1. The molecule has 6 heteroatoms. The van der Waals surface area contributed by atoms with Crippen LogP contribution in [0.5, 0.6) is 0 Å². The molecule has 0 unspecified atom stereocenters. The van der Waals surface area contributed by atoms with Crippen LogP contribution in [0.25, 0.3) is 0 Å². The molecule has 0 bridgehead atoms. The summed E-state index contributed by atoms with van der Waals surface area (Å²) in [6, 6.07) is 0. The van der Waals surface area contributed by atoms with Crippen LogP contribution in [0.1, 0.15) is 13.3 Å². The van der Waals surface area contributed by atoms with Gasteiger partial charge in [0, 0.05) is 5.75 Å². The number of nitrogens with one attached hydrogen (secondary N) is 2. The van der Waals surface area contributed by atoms with Crippen LogP contribution in [-0.4, -0.2) is 41.9 Å². The fourth-order valence-electron chi connectivity index (χ4n) is 0.997. The predicted molar refractivity (Wildman–Crippen MR) is 55.3 cm³/mol. The fourth-order valence-corrected chi connectivity index (χ4v) is 1.77.